The van der Waals surface area contributed by atoms with E-state index in [1.165, 1.54) is 6.07 Å². The van der Waals surface area contributed by atoms with E-state index in [1.807, 2.05) is 0 Å². The van der Waals surface area contributed by atoms with Gasteiger partial charge in [-0.15, -0.1) is 0 Å². The number of halogens is 1. The fraction of sp³-hybridized carbons (Fsp3) is 0.143. The van der Waals surface area contributed by atoms with Crippen molar-refractivity contribution in [1.29, 1.82) is 0 Å². The quantitative estimate of drug-likeness (QED) is 0.866. The second-order valence-electron chi connectivity index (χ2n) is 4.21. The van der Waals surface area contributed by atoms with Gasteiger partial charge in [0.15, 0.2) is 0 Å². The summed E-state index contributed by atoms with van der Waals surface area (Å²) in [5, 5.41) is 8.84. The lowest BCUT2D eigenvalue weighted by molar-refractivity contribution is 0.299. The Morgan fingerprint density at radius 3 is 2.30 bits per heavy atom. The number of nitrogens with one attached hydrogen (secondary N) is 1. The minimum Gasteiger partial charge on any atom is -0.396 e. The molecular weight excluding hydrogens is 342 g/mol. The summed E-state index contributed by atoms with van der Waals surface area (Å²) in [7, 11) is -3.62. The Hall–Kier alpha value is -1.37. The van der Waals surface area contributed by atoms with Gasteiger partial charge < -0.3 is 5.11 Å². The lowest BCUT2D eigenvalue weighted by atomic mass is 10.1. The average molecular weight is 356 g/mol. The van der Waals surface area contributed by atoms with E-state index in [9.17, 15) is 8.42 Å². The van der Waals surface area contributed by atoms with Gasteiger partial charge >= 0.3 is 0 Å². The van der Waals surface area contributed by atoms with Crippen molar-refractivity contribution in [3.8, 4) is 0 Å². The predicted octanol–water partition coefficient (Wildman–Crippen LogP) is 2.78. The van der Waals surface area contributed by atoms with E-state index in [4.69, 9.17) is 5.11 Å². The molecule has 0 aliphatic heterocycles. The summed E-state index contributed by atoms with van der Waals surface area (Å²) in [6.45, 7) is 0.0715. The van der Waals surface area contributed by atoms with Crippen LogP contribution in [0.3, 0.4) is 0 Å². The highest BCUT2D eigenvalue weighted by molar-refractivity contribution is 9.10. The van der Waals surface area contributed by atoms with Crippen LogP contribution in [0.4, 0.5) is 5.69 Å². The highest BCUT2D eigenvalue weighted by Crippen LogP contribution is 2.23. The first-order chi connectivity index (χ1) is 9.53. The van der Waals surface area contributed by atoms with Crippen molar-refractivity contribution in [3.63, 3.8) is 0 Å². The van der Waals surface area contributed by atoms with Crippen molar-refractivity contribution in [1.82, 2.24) is 0 Å². The van der Waals surface area contributed by atoms with Crippen LogP contribution in [0.1, 0.15) is 5.56 Å². The molecule has 0 unspecified atom stereocenters. The van der Waals surface area contributed by atoms with Crippen LogP contribution in [-0.2, 0) is 16.4 Å². The number of aliphatic hydroxyl groups excluding tert-OH is 1. The van der Waals surface area contributed by atoms with Crippen molar-refractivity contribution in [2.75, 3.05) is 11.3 Å². The third-order valence-electron chi connectivity index (χ3n) is 2.73. The summed E-state index contributed by atoms with van der Waals surface area (Å²) in [6, 6.07) is 13.6. The van der Waals surface area contributed by atoms with E-state index in [0.29, 0.717) is 16.6 Å². The fourth-order valence-corrected chi connectivity index (χ4v) is 3.80. The maximum atomic E-state index is 12.3. The first kappa shape index (κ1) is 15.0. The molecule has 0 aliphatic carbocycles. The predicted molar refractivity (Wildman–Crippen MR) is 82.2 cm³/mol. The number of benzene rings is 2. The lowest BCUT2D eigenvalue weighted by Crippen LogP contribution is -2.13. The van der Waals surface area contributed by atoms with E-state index in [-0.39, 0.29) is 11.5 Å². The molecule has 0 spiro atoms. The summed E-state index contributed by atoms with van der Waals surface area (Å²) >= 11 is 3.23. The van der Waals surface area contributed by atoms with Gasteiger partial charge in [-0.25, -0.2) is 8.42 Å². The third-order valence-corrected chi connectivity index (χ3v) is 5.13. The molecule has 2 aromatic carbocycles. The summed E-state index contributed by atoms with van der Waals surface area (Å²) in [5.41, 5.74) is 1.44. The molecule has 2 rings (SSSR count). The fourth-order valence-electron chi connectivity index (χ4n) is 1.74. The molecule has 106 valence electrons. The molecule has 0 radical (unpaired) electrons. The van der Waals surface area contributed by atoms with E-state index in [0.717, 1.165) is 5.56 Å². The third kappa shape index (κ3) is 3.59. The SMILES string of the molecule is O=S(=O)(Nc1ccc(CCO)cc1)c1ccccc1Br. The van der Waals surface area contributed by atoms with Crippen LogP contribution in [0.25, 0.3) is 0 Å². The van der Waals surface area contributed by atoms with Crippen LogP contribution in [-0.4, -0.2) is 20.1 Å². The Morgan fingerprint density at radius 1 is 1.05 bits per heavy atom. The van der Waals surface area contributed by atoms with Crippen LogP contribution in [0, 0.1) is 0 Å². The van der Waals surface area contributed by atoms with Gasteiger partial charge in [-0.1, -0.05) is 24.3 Å². The molecule has 2 N–H and O–H groups in total. The van der Waals surface area contributed by atoms with Gasteiger partial charge in [-0.05, 0) is 52.2 Å². The number of anilines is 1. The van der Waals surface area contributed by atoms with Crippen molar-refractivity contribution in [3.05, 3.63) is 58.6 Å². The molecule has 20 heavy (non-hydrogen) atoms. The number of rotatable bonds is 5. The number of aliphatic hydroxyl groups is 1. The van der Waals surface area contributed by atoms with Gasteiger partial charge in [0.25, 0.3) is 10.0 Å². The molecule has 0 heterocycles. The normalized spacial score (nSPS) is 11.3. The molecule has 0 aromatic heterocycles. The zero-order valence-corrected chi connectivity index (χ0v) is 13.0. The average Bonchev–Trinajstić information content (AvgIpc) is 2.41. The largest absolute Gasteiger partial charge is 0.396 e. The topological polar surface area (TPSA) is 66.4 Å². The highest BCUT2D eigenvalue weighted by atomic mass is 79.9. The van der Waals surface area contributed by atoms with E-state index in [2.05, 4.69) is 20.7 Å². The zero-order chi connectivity index (χ0) is 14.6. The molecule has 2 aromatic rings. The lowest BCUT2D eigenvalue weighted by Gasteiger charge is -2.10. The monoisotopic (exact) mass is 355 g/mol. The zero-order valence-electron chi connectivity index (χ0n) is 10.6. The molecule has 0 amide bonds. The summed E-state index contributed by atoms with van der Waals surface area (Å²) in [4.78, 5) is 0.194. The van der Waals surface area contributed by atoms with E-state index in [1.54, 1.807) is 42.5 Å². The van der Waals surface area contributed by atoms with Gasteiger partial charge in [0.05, 0.1) is 0 Å². The van der Waals surface area contributed by atoms with Crippen molar-refractivity contribution in [2.45, 2.75) is 11.3 Å². The Bertz CT molecular complexity index is 684. The molecule has 0 saturated heterocycles. The molecule has 0 saturated carbocycles. The second-order valence-corrected chi connectivity index (χ2v) is 6.71. The second kappa shape index (κ2) is 6.39. The summed E-state index contributed by atoms with van der Waals surface area (Å²) in [5.74, 6) is 0. The van der Waals surface area contributed by atoms with Crippen molar-refractivity contribution < 1.29 is 13.5 Å². The number of sulfonamides is 1. The highest BCUT2D eigenvalue weighted by Gasteiger charge is 2.16. The van der Waals surface area contributed by atoms with E-state index >= 15 is 0 Å². The molecule has 0 atom stereocenters. The van der Waals surface area contributed by atoms with Gasteiger partial charge in [0.1, 0.15) is 4.90 Å². The van der Waals surface area contributed by atoms with Crippen molar-refractivity contribution in [2.24, 2.45) is 0 Å². The van der Waals surface area contributed by atoms with Crippen LogP contribution in [0.15, 0.2) is 57.9 Å². The van der Waals surface area contributed by atoms with Crippen LogP contribution in [0.5, 0.6) is 0 Å². The van der Waals surface area contributed by atoms with Crippen LogP contribution >= 0.6 is 15.9 Å². The van der Waals surface area contributed by atoms with Crippen LogP contribution < -0.4 is 4.72 Å². The molecular formula is C14H14BrNO3S. The van der Waals surface area contributed by atoms with Gasteiger partial charge in [-0.2, -0.15) is 0 Å². The first-order valence-corrected chi connectivity index (χ1v) is 8.28. The Labute approximate surface area is 126 Å². The smallest absolute Gasteiger partial charge is 0.263 e. The Morgan fingerprint density at radius 2 is 1.70 bits per heavy atom. The Balaban J connectivity index is 2.22. The summed E-state index contributed by atoms with van der Waals surface area (Å²) in [6.07, 6.45) is 0.553. The van der Waals surface area contributed by atoms with Gasteiger partial charge in [0.2, 0.25) is 0 Å². The number of hydrogen-bond acceptors (Lipinski definition) is 3. The van der Waals surface area contributed by atoms with Gasteiger partial charge in [0, 0.05) is 16.8 Å². The molecule has 4 nitrogen and oxygen atoms in total. The molecule has 0 bridgehead atoms. The van der Waals surface area contributed by atoms with Crippen molar-refractivity contribution >= 4 is 31.6 Å². The molecule has 6 heteroatoms. The minimum absolute atomic E-state index is 0.0715. The maximum absolute atomic E-state index is 12.3. The summed E-state index contributed by atoms with van der Waals surface area (Å²) < 4.78 is 27.5. The maximum Gasteiger partial charge on any atom is 0.263 e. The molecule has 0 aliphatic rings. The number of hydrogen-bond donors (Lipinski definition) is 2. The van der Waals surface area contributed by atoms with E-state index < -0.39 is 10.0 Å². The van der Waals surface area contributed by atoms with Crippen LogP contribution in [0.2, 0.25) is 0 Å². The Kier molecular flexibility index (Phi) is 4.80. The first-order valence-electron chi connectivity index (χ1n) is 6.00. The standard InChI is InChI=1S/C14H14BrNO3S/c15-13-3-1-2-4-14(13)20(18,19)16-12-7-5-11(6-8-12)9-10-17/h1-8,16-17H,9-10H2. The van der Waals surface area contributed by atoms with Gasteiger partial charge in [-0.3, -0.25) is 4.72 Å². The molecule has 0 fully saturated rings. The minimum atomic E-state index is -3.62.